The van der Waals surface area contributed by atoms with E-state index in [9.17, 15) is 9.59 Å². The monoisotopic (exact) mass is 332 g/mol. The van der Waals surface area contributed by atoms with Gasteiger partial charge in [-0.2, -0.15) is 0 Å². The summed E-state index contributed by atoms with van der Waals surface area (Å²) in [5.74, 6) is 0.392. The van der Waals surface area contributed by atoms with Crippen LogP contribution in [0.2, 0.25) is 0 Å². The van der Waals surface area contributed by atoms with Crippen LogP contribution in [-0.4, -0.2) is 15.8 Å². The highest BCUT2D eigenvalue weighted by Gasteiger charge is 2.15. The van der Waals surface area contributed by atoms with Crippen LogP contribution in [0.25, 0.3) is 11.1 Å². The summed E-state index contributed by atoms with van der Waals surface area (Å²) in [5, 5.41) is 0. The molecule has 0 bridgehead atoms. The van der Waals surface area contributed by atoms with Crippen molar-refractivity contribution in [3.8, 4) is 11.1 Å². The molecule has 0 radical (unpaired) electrons. The second-order valence-corrected chi connectivity index (χ2v) is 6.23. The van der Waals surface area contributed by atoms with Gasteiger partial charge in [-0.3, -0.25) is 9.59 Å². The number of benzene rings is 2. The molecule has 0 aliphatic carbocycles. The predicted octanol–water partition coefficient (Wildman–Crippen LogP) is 4.12. The van der Waals surface area contributed by atoms with Crippen molar-refractivity contribution >= 4 is 5.78 Å². The van der Waals surface area contributed by atoms with Gasteiger partial charge in [0.05, 0.1) is 0 Å². The fraction of sp³-hybridized carbons (Fsp3) is 0.190. The van der Waals surface area contributed by atoms with Crippen LogP contribution in [0.15, 0.2) is 65.5 Å². The van der Waals surface area contributed by atoms with Gasteiger partial charge < -0.3 is 4.98 Å². The summed E-state index contributed by atoms with van der Waals surface area (Å²) >= 11 is 0. The zero-order valence-electron chi connectivity index (χ0n) is 14.3. The van der Waals surface area contributed by atoms with Gasteiger partial charge in [0.2, 0.25) is 0 Å². The van der Waals surface area contributed by atoms with Crippen LogP contribution in [0, 0.1) is 6.92 Å². The third-order valence-corrected chi connectivity index (χ3v) is 4.22. The van der Waals surface area contributed by atoms with Gasteiger partial charge in [-0.1, -0.05) is 61.5 Å². The molecule has 0 spiro atoms. The van der Waals surface area contributed by atoms with E-state index in [0.717, 1.165) is 11.1 Å². The first-order valence-corrected chi connectivity index (χ1v) is 8.29. The van der Waals surface area contributed by atoms with E-state index >= 15 is 0 Å². The number of Topliss-reactive ketones (excluding diaryl/α,β-unsaturated/α-hetero) is 1. The van der Waals surface area contributed by atoms with Crippen molar-refractivity contribution in [1.29, 1.82) is 0 Å². The lowest BCUT2D eigenvalue weighted by Crippen LogP contribution is -2.15. The highest BCUT2D eigenvalue weighted by Crippen LogP contribution is 2.25. The highest BCUT2D eigenvalue weighted by atomic mass is 16.1. The molecule has 4 nitrogen and oxygen atoms in total. The lowest BCUT2D eigenvalue weighted by atomic mass is 9.93. The number of rotatable bonds is 5. The van der Waals surface area contributed by atoms with Crippen molar-refractivity contribution in [3.63, 3.8) is 0 Å². The lowest BCUT2D eigenvalue weighted by molar-refractivity contribution is 0.0970. The fourth-order valence-corrected chi connectivity index (χ4v) is 2.86. The van der Waals surface area contributed by atoms with Crippen molar-refractivity contribution in [3.05, 3.63) is 88.1 Å². The molecule has 1 unspecified atom stereocenters. The molecular formula is C21H20N2O2. The summed E-state index contributed by atoms with van der Waals surface area (Å²) in [6.45, 7) is 3.68. The Morgan fingerprint density at radius 2 is 1.68 bits per heavy atom. The number of nitrogens with one attached hydrogen (secondary N) is 1. The van der Waals surface area contributed by atoms with Crippen LogP contribution in [0.5, 0.6) is 0 Å². The van der Waals surface area contributed by atoms with E-state index in [1.54, 1.807) is 6.92 Å². The van der Waals surface area contributed by atoms with Crippen molar-refractivity contribution in [2.45, 2.75) is 26.2 Å². The lowest BCUT2D eigenvalue weighted by Gasteiger charge is -2.12. The Labute approximate surface area is 146 Å². The number of aryl methyl sites for hydroxylation is 1. The molecule has 1 atom stereocenters. The Kier molecular flexibility index (Phi) is 4.89. The first kappa shape index (κ1) is 16.8. The topological polar surface area (TPSA) is 62.8 Å². The molecule has 1 aromatic heterocycles. The smallest absolute Gasteiger partial charge is 0.251 e. The molecule has 3 rings (SSSR count). The molecule has 1 heterocycles. The minimum Gasteiger partial charge on any atom is -0.311 e. The van der Waals surface area contributed by atoms with Gasteiger partial charge in [0.1, 0.15) is 11.5 Å². The van der Waals surface area contributed by atoms with Crippen molar-refractivity contribution in [2.24, 2.45) is 0 Å². The predicted molar refractivity (Wildman–Crippen MR) is 98.8 cm³/mol. The maximum absolute atomic E-state index is 12.4. The van der Waals surface area contributed by atoms with Gasteiger partial charge in [0.15, 0.2) is 5.78 Å². The quantitative estimate of drug-likeness (QED) is 0.715. The second kappa shape index (κ2) is 7.26. The third-order valence-electron chi connectivity index (χ3n) is 4.22. The molecule has 0 aliphatic rings. The Morgan fingerprint density at radius 1 is 1.04 bits per heavy atom. The number of hydrogen-bond donors (Lipinski definition) is 1. The van der Waals surface area contributed by atoms with Crippen LogP contribution in [0.4, 0.5) is 0 Å². The molecule has 0 saturated heterocycles. The summed E-state index contributed by atoms with van der Waals surface area (Å²) in [6, 6.07) is 19.7. The third kappa shape index (κ3) is 4.10. The molecule has 3 aromatic rings. The molecule has 0 fully saturated rings. The van der Waals surface area contributed by atoms with Crippen LogP contribution >= 0.6 is 0 Å². The average Bonchev–Trinajstić information content (AvgIpc) is 2.61. The van der Waals surface area contributed by atoms with E-state index in [1.165, 1.54) is 11.6 Å². The maximum Gasteiger partial charge on any atom is 0.251 e. The van der Waals surface area contributed by atoms with E-state index in [0.29, 0.717) is 12.2 Å². The van der Waals surface area contributed by atoms with E-state index < -0.39 is 0 Å². The van der Waals surface area contributed by atoms with E-state index in [4.69, 9.17) is 0 Å². The number of hydrogen-bond acceptors (Lipinski definition) is 3. The molecule has 0 aliphatic heterocycles. The molecule has 126 valence electrons. The minimum absolute atomic E-state index is 0.0544. The molecule has 4 heteroatoms. The molecule has 0 amide bonds. The molecule has 25 heavy (non-hydrogen) atoms. The van der Waals surface area contributed by atoms with Gasteiger partial charge in [0, 0.05) is 12.5 Å². The van der Waals surface area contributed by atoms with Crippen molar-refractivity contribution in [2.75, 3.05) is 0 Å². The zero-order valence-corrected chi connectivity index (χ0v) is 14.3. The van der Waals surface area contributed by atoms with Gasteiger partial charge in [-0.25, -0.2) is 4.98 Å². The largest absolute Gasteiger partial charge is 0.311 e. The number of carbonyl (C=O) groups excluding carboxylic acids is 1. The van der Waals surface area contributed by atoms with Gasteiger partial charge in [-0.15, -0.1) is 0 Å². The van der Waals surface area contributed by atoms with Gasteiger partial charge in [0.25, 0.3) is 5.56 Å². The second-order valence-electron chi connectivity index (χ2n) is 6.23. The highest BCUT2D eigenvalue weighted by molar-refractivity contribution is 5.94. The Balaban J connectivity index is 1.73. The van der Waals surface area contributed by atoms with Crippen LogP contribution in [0.3, 0.4) is 0 Å². The summed E-state index contributed by atoms with van der Waals surface area (Å²) in [4.78, 5) is 30.6. The van der Waals surface area contributed by atoms with Crippen LogP contribution in [-0.2, 0) is 0 Å². The standard InChI is InChI=1S/C21H20N2O2/c1-14(12-20(24)19-13-21(25)23-15(2)22-19)16-8-10-18(11-9-16)17-6-4-3-5-7-17/h3-11,13-14H,12H2,1-2H3,(H,22,23,25). The SMILES string of the molecule is Cc1nc(C(=O)CC(C)c2ccc(-c3ccccc3)cc2)cc(=O)[nH]1. The Hall–Kier alpha value is -3.01. The summed E-state index contributed by atoms with van der Waals surface area (Å²) in [7, 11) is 0. The average molecular weight is 332 g/mol. The first-order valence-electron chi connectivity index (χ1n) is 8.29. The molecule has 0 saturated carbocycles. The normalized spacial score (nSPS) is 11.9. The molecule has 2 aromatic carbocycles. The summed E-state index contributed by atoms with van der Waals surface area (Å²) < 4.78 is 0. The van der Waals surface area contributed by atoms with Crippen LogP contribution in [0.1, 0.15) is 41.1 Å². The Morgan fingerprint density at radius 3 is 2.32 bits per heavy atom. The number of ketones is 1. The summed E-state index contributed by atoms with van der Waals surface area (Å²) in [5.41, 5.74) is 3.34. The van der Waals surface area contributed by atoms with Crippen molar-refractivity contribution in [1.82, 2.24) is 9.97 Å². The fourth-order valence-electron chi connectivity index (χ4n) is 2.86. The zero-order chi connectivity index (χ0) is 17.8. The van der Waals surface area contributed by atoms with E-state index in [-0.39, 0.29) is 23.0 Å². The van der Waals surface area contributed by atoms with Crippen LogP contribution < -0.4 is 5.56 Å². The van der Waals surface area contributed by atoms with Gasteiger partial charge >= 0.3 is 0 Å². The molecular weight excluding hydrogens is 312 g/mol. The summed E-state index contributed by atoms with van der Waals surface area (Å²) in [6.07, 6.45) is 0.320. The first-order chi connectivity index (χ1) is 12.0. The van der Waals surface area contributed by atoms with E-state index in [1.807, 2.05) is 25.1 Å². The van der Waals surface area contributed by atoms with E-state index in [2.05, 4.69) is 46.4 Å². The Bertz CT molecular complexity index is 928. The minimum atomic E-state index is -0.296. The maximum atomic E-state index is 12.4. The molecule has 1 N–H and O–H groups in total. The number of H-pyrrole nitrogens is 1. The number of carbonyl (C=O) groups is 1. The number of aromatic nitrogens is 2. The number of nitrogens with zero attached hydrogens (tertiary/aromatic N) is 1. The van der Waals surface area contributed by atoms with Crippen molar-refractivity contribution < 1.29 is 4.79 Å². The number of aromatic amines is 1. The van der Waals surface area contributed by atoms with Gasteiger partial charge in [-0.05, 0) is 29.5 Å².